The van der Waals surface area contributed by atoms with Gasteiger partial charge in [-0.15, -0.1) is 0 Å². The lowest BCUT2D eigenvalue weighted by molar-refractivity contribution is -0.192. The quantitative estimate of drug-likeness (QED) is 0.766. The van der Waals surface area contributed by atoms with Gasteiger partial charge in [-0.05, 0) is 26.0 Å². The van der Waals surface area contributed by atoms with Crippen molar-refractivity contribution < 1.29 is 41.5 Å². The van der Waals surface area contributed by atoms with Gasteiger partial charge in [-0.2, -0.15) is 13.2 Å². The van der Waals surface area contributed by atoms with Gasteiger partial charge in [-0.3, -0.25) is 9.69 Å². The number of amides is 1. The van der Waals surface area contributed by atoms with Crippen LogP contribution >= 0.6 is 0 Å². The fourth-order valence-corrected chi connectivity index (χ4v) is 3.61. The van der Waals surface area contributed by atoms with Gasteiger partial charge in [-0.1, -0.05) is 5.16 Å². The number of ether oxygens (including phenoxy) is 1. The van der Waals surface area contributed by atoms with Crippen LogP contribution in [0.4, 0.5) is 13.2 Å². The van der Waals surface area contributed by atoms with E-state index in [4.69, 9.17) is 23.6 Å². The zero-order valence-corrected chi connectivity index (χ0v) is 16.9. The number of aryl methyl sites for hydroxylation is 2. The van der Waals surface area contributed by atoms with Crippen molar-refractivity contribution in [2.24, 2.45) is 0 Å². The Balaban J connectivity index is 0.000000339. The van der Waals surface area contributed by atoms with E-state index in [1.54, 1.807) is 12.1 Å². The van der Waals surface area contributed by atoms with Gasteiger partial charge in [0.15, 0.2) is 5.76 Å². The van der Waals surface area contributed by atoms with Crippen LogP contribution in [0.25, 0.3) is 0 Å². The largest absolute Gasteiger partial charge is 0.490 e. The summed E-state index contributed by atoms with van der Waals surface area (Å²) in [5.41, 5.74) is 2.06. The molecule has 1 amide bonds. The summed E-state index contributed by atoms with van der Waals surface area (Å²) in [4.78, 5) is 25.6. The number of rotatable bonds is 3. The van der Waals surface area contributed by atoms with E-state index >= 15 is 0 Å². The summed E-state index contributed by atoms with van der Waals surface area (Å²) in [6, 6.07) is 3.62. The van der Waals surface area contributed by atoms with E-state index in [0.29, 0.717) is 25.5 Å². The molecule has 2 aromatic rings. The number of hydrogen-bond donors (Lipinski definition) is 1. The van der Waals surface area contributed by atoms with Crippen molar-refractivity contribution in [3.8, 4) is 0 Å². The van der Waals surface area contributed by atoms with Crippen LogP contribution in [-0.4, -0.2) is 76.5 Å². The molecule has 2 aliphatic heterocycles. The first-order valence-corrected chi connectivity index (χ1v) is 9.48. The fourth-order valence-electron chi connectivity index (χ4n) is 3.61. The number of carbonyl (C=O) groups is 2. The van der Waals surface area contributed by atoms with Crippen LogP contribution in [0, 0.1) is 13.8 Å². The van der Waals surface area contributed by atoms with E-state index < -0.39 is 12.1 Å². The number of hydrogen-bond acceptors (Lipinski definition) is 7. The molecule has 2 atom stereocenters. The smallest absolute Gasteiger partial charge is 0.475 e. The molecule has 2 fully saturated rings. The van der Waals surface area contributed by atoms with Crippen LogP contribution in [0.15, 0.2) is 27.3 Å². The number of carbonyl (C=O) groups excluding carboxylic acids is 1. The topological polar surface area (TPSA) is 109 Å². The molecular formula is C19H22F3N3O6. The average molecular weight is 445 g/mol. The number of carboxylic acid groups (broad SMARTS) is 1. The highest BCUT2D eigenvalue weighted by Crippen LogP contribution is 2.27. The number of aromatic nitrogens is 1. The summed E-state index contributed by atoms with van der Waals surface area (Å²) in [6.07, 6.45) is -3.52. The average Bonchev–Trinajstić information content (AvgIpc) is 3.44. The van der Waals surface area contributed by atoms with Crippen LogP contribution in [0.5, 0.6) is 0 Å². The van der Waals surface area contributed by atoms with Gasteiger partial charge in [0.2, 0.25) is 0 Å². The summed E-state index contributed by atoms with van der Waals surface area (Å²) in [6.45, 7) is 7.44. The first kappa shape index (κ1) is 22.8. The van der Waals surface area contributed by atoms with Gasteiger partial charge in [0.25, 0.3) is 5.91 Å². The number of carboxylic acids is 1. The minimum atomic E-state index is -5.08. The lowest BCUT2D eigenvalue weighted by Crippen LogP contribution is -2.50. The van der Waals surface area contributed by atoms with Gasteiger partial charge in [0.1, 0.15) is 5.76 Å². The van der Waals surface area contributed by atoms with E-state index in [0.717, 1.165) is 30.1 Å². The molecule has 12 heteroatoms. The predicted octanol–water partition coefficient (Wildman–Crippen LogP) is 2.24. The fraction of sp³-hybridized carbons (Fsp3) is 0.526. The summed E-state index contributed by atoms with van der Waals surface area (Å²) in [5, 5.41) is 11.2. The third-order valence-corrected chi connectivity index (χ3v) is 5.22. The van der Waals surface area contributed by atoms with E-state index in [-0.39, 0.29) is 18.1 Å². The molecule has 0 radical (unpaired) electrons. The van der Waals surface area contributed by atoms with Crippen molar-refractivity contribution >= 4 is 11.9 Å². The maximum Gasteiger partial charge on any atom is 0.490 e. The Labute approximate surface area is 175 Å². The number of furan rings is 1. The maximum absolute atomic E-state index is 12.5. The van der Waals surface area contributed by atoms with E-state index in [9.17, 15) is 18.0 Å². The number of aliphatic carboxylic acids is 1. The van der Waals surface area contributed by atoms with Crippen LogP contribution in [0.3, 0.4) is 0 Å². The normalized spacial score (nSPS) is 21.4. The third kappa shape index (κ3) is 5.25. The molecule has 0 bridgehead atoms. The zero-order valence-electron chi connectivity index (χ0n) is 16.9. The Morgan fingerprint density at radius 3 is 2.55 bits per heavy atom. The first-order chi connectivity index (χ1) is 14.6. The van der Waals surface area contributed by atoms with Crippen LogP contribution in [0.1, 0.15) is 27.6 Å². The third-order valence-electron chi connectivity index (χ3n) is 5.22. The van der Waals surface area contributed by atoms with Gasteiger partial charge in [0, 0.05) is 31.7 Å². The van der Waals surface area contributed by atoms with Crippen LogP contribution in [-0.2, 0) is 16.1 Å². The summed E-state index contributed by atoms with van der Waals surface area (Å²) in [7, 11) is 0. The van der Waals surface area contributed by atoms with E-state index in [2.05, 4.69) is 10.1 Å². The molecule has 9 nitrogen and oxygen atoms in total. The summed E-state index contributed by atoms with van der Waals surface area (Å²) in [5.74, 6) is -1.59. The number of alkyl halides is 3. The van der Waals surface area contributed by atoms with Crippen molar-refractivity contribution in [1.82, 2.24) is 15.0 Å². The second kappa shape index (κ2) is 9.10. The second-order valence-corrected chi connectivity index (χ2v) is 7.24. The zero-order chi connectivity index (χ0) is 22.8. The molecule has 0 spiro atoms. The lowest BCUT2D eigenvalue weighted by atomic mass is 10.1. The van der Waals surface area contributed by atoms with Crippen LogP contribution in [0.2, 0.25) is 0 Å². The number of morpholine rings is 1. The Hall–Kier alpha value is -2.86. The minimum absolute atomic E-state index is 0.0399. The maximum atomic E-state index is 12.5. The van der Waals surface area contributed by atoms with Gasteiger partial charge in [0.05, 0.1) is 30.7 Å². The minimum Gasteiger partial charge on any atom is -0.475 e. The first-order valence-electron chi connectivity index (χ1n) is 9.48. The molecule has 31 heavy (non-hydrogen) atoms. The highest BCUT2D eigenvalue weighted by Gasteiger charge is 2.42. The van der Waals surface area contributed by atoms with Gasteiger partial charge >= 0.3 is 12.1 Å². The molecule has 0 saturated carbocycles. The van der Waals surface area contributed by atoms with Crippen LogP contribution < -0.4 is 0 Å². The Bertz CT molecular complexity index is 892. The Kier molecular flexibility index (Phi) is 6.70. The summed E-state index contributed by atoms with van der Waals surface area (Å²) >= 11 is 0. The van der Waals surface area contributed by atoms with Gasteiger partial charge < -0.3 is 23.7 Å². The second-order valence-electron chi connectivity index (χ2n) is 7.24. The number of likely N-dealkylation sites (tertiary alicyclic amines) is 1. The van der Waals surface area contributed by atoms with E-state index in [1.165, 1.54) is 6.26 Å². The molecule has 2 aromatic heterocycles. The van der Waals surface area contributed by atoms with Crippen molar-refractivity contribution in [3.05, 3.63) is 41.2 Å². The predicted molar refractivity (Wildman–Crippen MR) is 98.2 cm³/mol. The summed E-state index contributed by atoms with van der Waals surface area (Å²) < 4.78 is 48.2. The highest BCUT2D eigenvalue weighted by molar-refractivity contribution is 5.91. The number of fused-ring (bicyclic) bond motifs is 1. The molecule has 4 heterocycles. The molecule has 2 aliphatic rings. The molecule has 0 aromatic carbocycles. The molecule has 170 valence electrons. The van der Waals surface area contributed by atoms with Gasteiger partial charge in [-0.25, -0.2) is 4.79 Å². The lowest BCUT2D eigenvalue weighted by Gasteiger charge is -2.36. The SMILES string of the molecule is Cc1noc(C)c1CN1CCO[C@H]2CN(C(=O)c3ccco3)C[C@H]21.O=C(O)C(F)(F)F. The monoisotopic (exact) mass is 445 g/mol. The van der Waals surface area contributed by atoms with Crippen molar-refractivity contribution in [2.45, 2.75) is 38.7 Å². The van der Waals surface area contributed by atoms with Crippen molar-refractivity contribution in [2.75, 3.05) is 26.2 Å². The standard InChI is InChI=1S/C17H21N3O4.C2HF3O2/c1-11-13(12(2)24-18-11)8-19-5-7-23-16-10-20(9-14(16)19)17(21)15-4-3-6-22-15;3-2(4,5)1(6)7/h3-4,6,14,16H,5,7-10H2,1-2H3;(H,6,7)/t14-,16+;/m1./s1. The molecule has 0 aliphatic carbocycles. The van der Waals surface area contributed by atoms with Crippen molar-refractivity contribution in [1.29, 1.82) is 0 Å². The molecule has 4 rings (SSSR count). The number of halogens is 3. The van der Waals surface area contributed by atoms with Crippen molar-refractivity contribution in [3.63, 3.8) is 0 Å². The highest BCUT2D eigenvalue weighted by atomic mass is 19.4. The molecule has 1 N–H and O–H groups in total. The Morgan fingerprint density at radius 1 is 1.29 bits per heavy atom. The van der Waals surface area contributed by atoms with E-state index in [1.807, 2.05) is 18.7 Å². The molecule has 2 saturated heterocycles. The molecule has 0 unspecified atom stereocenters. The number of nitrogens with zero attached hydrogens (tertiary/aromatic N) is 3. The molecular weight excluding hydrogens is 423 g/mol. The Morgan fingerprint density at radius 2 is 2.00 bits per heavy atom.